The van der Waals surface area contributed by atoms with Crippen molar-refractivity contribution < 1.29 is 0 Å². The van der Waals surface area contributed by atoms with Crippen molar-refractivity contribution >= 4 is 23.5 Å². The Hall–Kier alpha value is -0.440. The Kier molecular flexibility index (Phi) is 2.81. The fraction of sp³-hybridized carbons (Fsp3) is 0.250. The molecule has 0 aliphatic carbocycles. The number of allylic oxidation sites excluding steroid dienone is 1. The summed E-state index contributed by atoms with van der Waals surface area (Å²) in [7, 11) is 0. The van der Waals surface area contributed by atoms with Crippen molar-refractivity contribution in [2.45, 2.75) is 0 Å². The molecule has 1 heterocycles. The Morgan fingerprint density at radius 1 is 1.20 bits per heavy atom. The van der Waals surface area contributed by atoms with Gasteiger partial charge in [-0.1, -0.05) is 11.8 Å². The first kappa shape index (κ1) is 7.66. The van der Waals surface area contributed by atoms with Gasteiger partial charge in [0.2, 0.25) is 0 Å². The highest BCUT2D eigenvalue weighted by molar-refractivity contribution is 8.25. The standard InChI is InChI=1S/C8H6S2/c1-3-7(4-2)8-9-5-6-10-8/h1-2H,5-6H2. The first-order chi connectivity index (χ1) is 4.88. The van der Waals surface area contributed by atoms with Crippen molar-refractivity contribution in [3.05, 3.63) is 9.81 Å². The monoisotopic (exact) mass is 166 g/mol. The van der Waals surface area contributed by atoms with Crippen LogP contribution in [-0.2, 0) is 0 Å². The second-order valence-electron chi connectivity index (χ2n) is 1.65. The van der Waals surface area contributed by atoms with E-state index in [9.17, 15) is 0 Å². The lowest BCUT2D eigenvalue weighted by atomic mass is 10.3. The summed E-state index contributed by atoms with van der Waals surface area (Å²) in [5.41, 5.74) is 0.715. The first-order valence-corrected chi connectivity index (χ1v) is 4.78. The van der Waals surface area contributed by atoms with Gasteiger partial charge in [-0.05, 0) is 0 Å². The highest BCUT2D eigenvalue weighted by atomic mass is 32.2. The average Bonchev–Trinajstić information content (AvgIpc) is 2.43. The number of rotatable bonds is 0. The molecule has 0 spiro atoms. The van der Waals surface area contributed by atoms with Gasteiger partial charge in [0.25, 0.3) is 0 Å². The van der Waals surface area contributed by atoms with Gasteiger partial charge >= 0.3 is 0 Å². The first-order valence-electron chi connectivity index (χ1n) is 2.81. The molecule has 0 aromatic carbocycles. The number of terminal acetylenes is 2. The molecular weight excluding hydrogens is 160 g/mol. The molecule has 2 heteroatoms. The average molecular weight is 166 g/mol. The molecule has 1 aliphatic heterocycles. The van der Waals surface area contributed by atoms with E-state index < -0.39 is 0 Å². The molecule has 1 fully saturated rings. The molecule has 0 N–H and O–H groups in total. The largest absolute Gasteiger partial charge is 0.116 e. The van der Waals surface area contributed by atoms with Crippen LogP contribution in [-0.4, -0.2) is 11.5 Å². The molecule has 1 aliphatic rings. The van der Waals surface area contributed by atoms with Crippen LogP contribution in [0.5, 0.6) is 0 Å². The summed E-state index contributed by atoms with van der Waals surface area (Å²) in [5, 5.41) is 0. The molecule has 0 amide bonds. The van der Waals surface area contributed by atoms with Crippen LogP contribution >= 0.6 is 23.5 Å². The molecule has 0 aromatic rings. The van der Waals surface area contributed by atoms with Crippen molar-refractivity contribution in [2.75, 3.05) is 11.5 Å². The maximum absolute atomic E-state index is 5.19. The second-order valence-corrected chi connectivity index (χ2v) is 4.12. The topological polar surface area (TPSA) is 0 Å². The SMILES string of the molecule is C#CC(C#C)=C1SCCS1. The van der Waals surface area contributed by atoms with Crippen LogP contribution < -0.4 is 0 Å². The van der Waals surface area contributed by atoms with Crippen LogP contribution in [0.25, 0.3) is 0 Å². The van der Waals surface area contributed by atoms with Crippen LogP contribution in [0.2, 0.25) is 0 Å². The van der Waals surface area contributed by atoms with Gasteiger partial charge in [-0.2, -0.15) is 0 Å². The third kappa shape index (κ3) is 1.53. The number of hydrogen-bond acceptors (Lipinski definition) is 2. The Bertz CT molecular complexity index is 213. The van der Waals surface area contributed by atoms with E-state index in [2.05, 4.69) is 11.8 Å². The molecule has 0 radical (unpaired) electrons. The Balaban J connectivity index is 2.85. The van der Waals surface area contributed by atoms with E-state index in [0.717, 1.165) is 15.7 Å². The summed E-state index contributed by atoms with van der Waals surface area (Å²) >= 11 is 3.51. The van der Waals surface area contributed by atoms with Crippen LogP contribution in [0.1, 0.15) is 0 Å². The van der Waals surface area contributed by atoms with Crippen LogP contribution in [0.3, 0.4) is 0 Å². The zero-order valence-electron chi connectivity index (χ0n) is 5.39. The van der Waals surface area contributed by atoms with Crippen molar-refractivity contribution in [2.24, 2.45) is 0 Å². The number of hydrogen-bond donors (Lipinski definition) is 0. The molecule has 0 atom stereocenters. The fourth-order valence-corrected chi connectivity index (χ4v) is 3.01. The van der Waals surface area contributed by atoms with Crippen molar-refractivity contribution in [3.8, 4) is 24.7 Å². The molecule has 1 saturated heterocycles. The maximum atomic E-state index is 5.19. The fourth-order valence-electron chi connectivity index (χ4n) is 0.614. The van der Waals surface area contributed by atoms with E-state index in [1.807, 2.05) is 0 Å². The van der Waals surface area contributed by atoms with Crippen molar-refractivity contribution in [3.63, 3.8) is 0 Å². The highest BCUT2D eigenvalue weighted by Gasteiger charge is 2.10. The molecular formula is C8H6S2. The molecule has 50 valence electrons. The van der Waals surface area contributed by atoms with Gasteiger partial charge in [0, 0.05) is 11.5 Å². The Morgan fingerprint density at radius 2 is 1.70 bits per heavy atom. The third-order valence-corrected chi connectivity index (χ3v) is 3.76. The molecule has 10 heavy (non-hydrogen) atoms. The van der Waals surface area contributed by atoms with Crippen molar-refractivity contribution in [1.82, 2.24) is 0 Å². The highest BCUT2D eigenvalue weighted by Crippen LogP contribution is 2.38. The van der Waals surface area contributed by atoms with Crippen molar-refractivity contribution in [1.29, 1.82) is 0 Å². The lowest BCUT2D eigenvalue weighted by Gasteiger charge is -1.92. The minimum absolute atomic E-state index is 0.715. The zero-order valence-corrected chi connectivity index (χ0v) is 7.02. The van der Waals surface area contributed by atoms with Gasteiger partial charge in [-0.15, -0.1) is 36.4 Å². The molecule has 0 nitrogen and oxygen atoms in total. The molecule has 0 aromatic heterocycles. The summed E-state index contributed by atoms with van der Waals surface area (Å²) in [6, 6.07) is 0. The van der Waals surface area contributed by atoms with E-state index >= 15 is 0 Å². The third-order valence-electron chi connectivity index (χ3n) is 1.04. The van der Waals surface area contributed by atoms with E-state index in [1.54, 1.807) is 23.5 Å². The van der Waals surface area contributed by atoms with E-state index in [4.69, 9.17) is 12.8 Å². The Morgan fingerprint density at radius 3 is 2.10 bits per heavy atom. The lowest BCUT2D eigenvalue weighted by Crippen LogP contribution is -1.72. The quantitative estimate of drug-likeness (QED) is 0.504. The second kappa shape index (κ2) is 3.66. The zero-order chi connectivity index (χ0) is 7.40. The van der Waals surface area contributed by atoms with Gasteiger partial charge in [0.15, 0.2) is 0 Å². The van der Waals surface area contributed by atoms with Gasteiger partial charge < -0.3 is 0 Å². The lowest BCUT2D eigenvalue weighted by molar-refractivity contribution is 1.59. The minimum atomic E-state index is 0.715. The Labute approximate surface area is 69.8 Å². The van der Waals surface area contributed by atoms with Crippen LogP contribution in [0.4, 0.5) is 0 Å². The van der Waals surface area contributed by atoms with E-state index in [-0.39, 0.29) is 0 Å². The maximum Gasteiger partial charge on any atom is 0.0938 e. The predicted molar refractivity (Wildman–Crippen MR) is 49.6 cm³/mol. The predicted octanol–water partition coefficient (Wildman–Crippen LogP) is 1.94. The van der Waals surface area contributed by atoms with Crippen LogP contribution in [0, 0.1) is 24.7 Å². The molecule has 0 bridgehead atoms. The van der Waals surface area contributed by atoms with Gasteiger partial charge in [0.1, 0.15) is 0 Å². The summed E-state index contributed by atoms with van der Waals surface area (Å²) < 4.78 is 1.14. The smallest absolute Gasteiger partial charge is 0.0938 e. The van der Waals surface area contributed by atoms with Gasteiger partial charge in [0.05, 0.1) is 9.81 Å². The normalized spacial score (nSPS) is 16.0. The summed E-state index contributed by atoms with van der Waals surface area (Å²) in [4.78, 5) is 0. The van der Waals surface area contributed by atoms with Gasteiger partial charge in [-0.3, -0.25) is 0 Å². The molecule has 0 unspecified atom stereocenters. The van der Waals surface area contributed by atoms with Crippen LogP contribution in [0.15, 0.2) is 9.81 Å². The van der Waals surface area contributed by atoms with E-state index in [0.29, 0.717) is 5.57 Å². The summed E-state index contributed by atoms with van der Waals surface area (Å²) in [5.74, 6) is 7.25. The van der Waals surface area contributed by atoms with E-state index in [1.165, 1.54) is 0 Å². The summed E-state index contributed by atoms with van der Waals surface area (Å²) in [6.07, 6.45) is 10.4. The summed E-state index contributed by atoms with van der Waals surface area (Å²) in [6.45, 7) is 0. The molecule has 1 rings (SSSR count). The number of thioether (sulfide) groups is 2. The minimum Gasteiger partial charge on any atom is -0.116 e. The molecule has 0 saturated carbocycles. The van der Waals surface area contributed by atoms with Gasteiger partial charge in [-0.25, -0.2) is 0 Å².